The van der Waals surface area contributed by atoms with Crippen molar-refractivity contribution >= 4 is 22.4 Å². The third kappa shape index (κ3) is 3.02. The number of nitrogens with zero attached hydrogens (tertiary/aromatic N) is 2. The zero-order chi connectivity index (χ0) is 14.8. The summed E-state index contributed by atoms with van der Waals surface area (Å²) in [5.41, 5.74) is 2.30. The van der Waals surface area contributed by atoms with Crippen LogP contribution in [0.2, 0.25) is 0 Å². The number of thiazole rings is 1. The molecule has 0 aliphatic heterocycles. The Kier molecular flexibility index (Phi) is 3.83. The highest BCUT2D eigenvalue weighted by Crippen LogP contribution is 2.21. The number of fused-ring (bicyclic) bond motifs is 1. The van der Waals surface area contributed by atoms with Gasteiger partial charge in [-0.05, 0) is 38.2 Å². The number of hydrogen-bond donors (Lipinski definition) is 2. The van der Waals surface area contributed by atoms with E-state index in [4.69, 9.17) is 0 Å². The van der Waals surface area contributed by atoms with Crippen LogP contribution in [0, 0.1) is 6.92 Å². The van der Waals surface area contributed by atoms with Gasteiger partial charge in [-0.1, -0.05) is 0 Å². The van der Waals surface area contributed by atoms with Crippen molar-refractivity contribution in [2.75, 3.05) is 5.32 Å². The summed E-state index contributed by atoms with van der Waals surface area (Å²) in [4.78, 5) is 29.0. The molecule has 0 saturated carbocycles. The summed E-state index contributed by atoms with van der Waals surface area (Å²) in [6, 6.07) is 0. The second kappa shape index (κ2) is 5.77. The van der Waals surface area contributed by atoms with Crippen molar-refractivity contribution in [3.63, 3.8) is 0 Å². The van der Waals surface area contributed by atoms with Crippen LogP contribution in [0.25, 0.3) is 0 Å². The highest BCUT2D eigenvalue weighted by molar-refractivity contribution is 7.15. The van der Waals surface area contributed by atoms with Gasteiger partial charge in [-0.3, -0.25) is 9.59 Å². The van der Waals surface area contributed by atoms with E-state index in [1.54, 1.807) is 6.20 Å². The highest BCUT2D eigenvalue weighted by Gasteiger charge is 2.19. The number of amides is 1. The van der Waals surface area contributed by atoms with Crippen LogP contribution in [-0.4, -0.2) is 21.1 Å². The molecular formula is C14H16N4O2S. The SMILES string of the molecule is Cc1cnc(NC(=O)Cc2n[nH]c(=O)c3c2CCCC3)s1. The summed E-state index contributed by atoms with van der Waals surface area (Å²) in [6.07, 6.45) is 5.54. The Labute approximate surface area is 125 Å². The molecule has 3 rings (SSSR count). The van der Waals surface area contributed by atoms with E-state index < -0.39 is 0 Å². The van der Waals surface area contributed by atoms with E-state index in [9.17, 15) is 9.59 Å². The number of carbonyl (C=O) groups excluding carboxylic acids is 1. The molecule has 2 heterocycles. The van der Waals surface area contributed by atoms with Crippen LogP contribution >= 0.6 is 11.3 Å². The van der Waals surface area contributed by atoms with Crippen LogP contribution in [0.15, 0.2) is 11.0 Å². The zero-order valence-corrected chi connectivity index (χ0v) is 12.5. The molecular weight excluding hydrogens is 288 g/mol. The number of aryl methyl sites for hydroxylation is 1. The normalized spacial score (nSPS) is 13.8. The van der Waals surface area contributed by atoms with Gasteiger partial charge >= 0.3 is 0 Å². The van der Waals surface area contributed by atoms with Gasteiger partial charge in [0.25, 0.3) is 5.56 Å². The molecule has 0 atom stereocenters. The van der Waals surface area contributed by atoms with Gasteiger partial charge in [-0.2, -0.15) is 5.10 Å². The summed E-state index contributed by atoms with van der Waals surface area (Å²) in [5, 5.41) is 9.93. The molecule has 0 radical (unpaired) electrons. The van der Waals surface area contributed by atoms with Crippen molar-refractivity contribution in [3.8, 4) is 0 Å². The monoisotopic (exact) mass is 304 g/mol. The van der Waals surface area contributed by atoms with Gasteiger partial charge < -0.3 is 5.32 Å². The minimum atomic E-state index is -0.156. The van der Waals surface area contributed by atoms with E-state index in [0.717, 1.165) is 41.7 Å². The van der Waals surface area contributed by atoms with Gasteiger partial charge in [0.15, 0.2) is 5.13 Å². The molecule has 2 aromatic heterocycles. The molecule has 1 aliphatic carbocycles. The Balaban J connectivity index is 1.78. The Hall–Kier alpha value is -2.02. The fourth-order valence-corrected chi connectivity index (χ4v) is 3.28. The van der Waals surface area contributed by atoms with Crippen molar-refractivity contribution < 1.29 is 4.79 Å². The van der Waals surface area contributed by atoms with Crippen molar-refractivity contribution in [2.24, 2.45) is 0 Å². The first kappa shape index (κ1) is 13.9. The van der Waals surface area contributed by atoms with Crippen LogP contribution in [0.5, 0.6) is 0 Å². The number of nitrogens with one attached hydrogen (secondary N) is 2. The molecule has 1 aliphatic rings. The average molecular weight is 304 g/mol. The van der Waals surface area contributed by atoms with Gasteiger partial charge in [0.1, 0.15) is 0 Å². The molecule has 2 N–H and O–H groups in total. The lowest BCUT2D eigenvalue weighted by atomic mass is 9.91. The summed E-state index contributed by atoms with van der Waals surface area (Å²) in [6.45, 7) is 1.94. The molecule has 0 fully saturated rings. The molecule has 110 valence electrons. The van der Waals surface area contributed by atoms with Crippen LogP contribution < -0.4 is 10.9 Å². The fourth-order valence-electron chi connectivity index (χ4n) is 2.60. The molecule has 1 amide bonds. The minimum absolute atomic E-state index is 0.121. The second-order valence-corrected chi connectivity index (χ2v) is 6.40. The summed E-state index contributed by atoms with van der Waals surface area (Å²) in [5.74, 6) is -0.156. The number of anilines is 1. The molecule has 0 saturated heterocycles. The van der Waals surface area contributed by atoms with E-state index in [2.05, 4.69) is 20.5 Å². The minimum Gasteiger partial charge on any atom is -0.302 e. The average Bonchev–Trinajstić information content (AvgIpc) is 2.87. The van der Waals surface area contributed by atoms with Crippen LogP contribution in [0.1, 0.15) is 34.5 Å². The first-order valence-corrected chi connectivity index (χ1v) is 7.76. The molecule has 0 spiro atoms. The Morgan fingerprint density at radius 2 is 2.14 bits per heavy atom. The highest BCUT2D eigenvalue weighted by atomic mass is 32.1. The molecule has 21 heavy (non-hydrogen) atoms. The van der Waals surface area contributed by atoms with Gasteiger partial charge in [0, 0.05) is 16.6 Å². The summed E-state index contributed by atoms with van der Waals surface area (Å²) >= 11 is 1.44. The lowest BCUT2D eigenvalue weighted by Gasteiger charge is -2.16. The zero-order valence-electron chi connectivity index (χ0n) is 11.7. The van der Waals surface area contributed by atoms with Gasteiger partial charge in [0.05, 0.1) is 12.1 Å². The van der Waals surface area contributed by atoms with Crippen molar-refractivity contribution in [1.82, 2.24) is 15.2 Å². The Bertz CT molecular complexity index is 735. The predicted octanol–water partition coefficient (Wildman–Crippen LogP) is 1.59. The summed E-state index contributed by atoms with van der Waals surface area (Å²) in [7, 11) is 0. The third-order valence-electron chi connectivity index (χ3n) is 3.58. The Morgan fingerprint density at radius 1 is 1.38 bits per heavy atom. The Morgan fingerprint density at radius 3 is 2.86 bits per heavy atom. The maximum absolute atomic E-state index is 12.1. The number of hydrogen-bond acceptors (Lipinski definition) is 5. The number of aromatic nitrogens is 3. The van der Waals surface area contributed by atoms with Crippen molar-refractivity contribution in [1.29, 1.82) is 0 Å². The maximum Gasteiger partial charge on any atom is 0.267 e. The smallest absolute Gasteiger partial charge is 0.267 e. The number of aromatic amines is 1. The second-order valence-electron chi connectivity index (χ2n) is 5.16. The van der Waals surface area contributed by atoms with E-state index in [1.165, 1.54) is 11.3 Å². The predicted molar refractivity (Wildman–Crippen MR) is 80.7 cm³/mol. The lowest BCUT2D eigenvalue weighted by molar-refractivity contribution is -0.115. The maximum atomic E-state index is 12.1. The van der Waals surface area contributed by atoms with Gasteiger partial charge in [-0.15, -0.1) is 11.3 Å². The van der Waals surface area contributed by atoms with Crippen LogP contribution in [0.3, 0.4) is 0 Å². The van der Waals surface area contributed by atoms with Crippen molar-refractivity contribution in [2.45, 2.75) is 39.0 Å². The van der Waals surface area contributed by atoms with Crippen LogP contribution in [-0.2, 0) is 24.1 Å². The molecule has 0 aromatic carbocycles. The molecule has 6 nitrogen and oxygen atoms in total. The number of rotatable bonds is 3. The molecule has 0 unspecified atom stereocenters. The number of carbonyl (C=O) groups is 1. The molecule has 7 heteroatoms. The van der Waals surface area contributed by atoms with E-state index in [1.807, 2.05) is 6.92 Å². The van der Waals surface area contributed by atoms with Gasteiger partial charge in [0.2, 0.25) is 5.91 Å². The first-order valence-electron chi connectivity index (χ1n) is 6.95. The summed E-state index contributed by atoms with van der Waals surface area (Å²) < 4.78 is 0. The molecule has 2 aromatic rings. The quantitative estimate of drug-likeness (QED) is 0.901. The van der Waals surface area contributed by atoms with Crippen LogP contribution in [0.4, 0.5) is 5.13 Å². The topological polar surface area (TPSA) is 87.7 Å². The van der Waals surface area contributed by atoms with E-state index in [-0.39, 0.29) is 17.9 Å². The lowest BCUT2D eigenvalue weighted by Crippen LogP contribution is -2.25. The number of H-pyrrole nitrogens is 1. The largest absolute Gasteiger partial charge is 0.302 e. The first-order chi connectivity index (χ1) is 10.1. The van der Waals surface area contributed by atoms with Crippen molar-refractivity contribution in [3.05, 3.63) is 38.2 Å². The fraction of sp³-hybridized carbons (Fsp3) is 0.429. The van der Waals surface area contributed by atoms with E-state index in [0.29, 0.717) is 10.8 Å². The van der Waals surface area contributed by atoms with E-state index >= 15 is 0 Å². The standard InChI is InChI=1S/C14H16N4O2S/c1-8-7-15-14(21-8)16-12(19)6-11-9-4-2-3-5-10(9)13(20)18-17-11/h7H,2-6H2,1H3,(H,18,20)(H,15,16,19). The molecule has 0 bridgehead atoms. The van der Waals surface area contributed by atoms with Gasteiger partial charge in [-0.25, -0.2) is 10.1 Å². The third-order valence-corrected chi connectivity index (χ3v) is 4.41.